The van der Waals surface area contributed by atoms with Gasteiger partial charge in [-0.05, 0) is 30.7 Å². The molecule has 90 valence electrons. The van der Waals surface area contributed by atoms with Crippen LogP contribution in [0.15, 0.2) is 18.2 Å². The molecule has 0 saturated carbocycles. The molecule has 17 heavy (non-hydrogen) atoms. The van der Waals surface area contributed by atoms with Crippen molar-refractivity contribution in [3.63, 3.8) is 0 Å². The fourth-order valence-corrected chi connectivity index (χ4v) is 1.50. The maximum atomic E-state index is 11.0. The number of anilines is 1. The van der Waals surface area contributed by atoms with Gasteiger partial charge >= 0.3 is 5.97 Å². The molecule has 0 N–H and O–H groups in total. The number of esters is 1. The highest BCUT2D eigenvalue weighted by Crippen LogP contribution is 2.17. The highest BCUT2D eigenvalue weighted by atomic mass is 16.5. The van der Waals surface area contributed by atoms with E-state index in [9.17, 15) is 4.79 Å². The number of hydrogen-bond donors (Lipinski definition) is 0. The smallest absolute Gasteiger partial charge is 0.307 e. The third-order valence-corrected chi connectivity index (χ3v) is 2.65. The van der Waals surface area contributed by atoms with Gasteiger partial charge in [0.05, 0.1) is 25.2 Å². The predicted molar refractivity (Wildman–Crippen MR) is 65.8 cm³/mol. The molecule has 0 aliphatic carbocycles. The largest absolute Gasteiger partial charge is 0.469 e. The number of hydrogen-bond acceptors (Lipinski definition) is 4. The summed E-state index contributed by atoms with van der Waals surface area (Å²) < 4.78 is 4.59. The van der Waals surface area contributed by atoms with Gasteiger partial charge in [-0.15, -0.1) is 0 Å². The summed E-state index contributed by atoms with van der Waals surface area (Å²) in [5, 5.41) is 8.83. The molecule has 1 aromatic rings. The Kier molecular flexibility index (Phi) is 4.53. The molecule has 0 amide bonds. The molecule has 4 nitrogen and oxygen atoms in total. The van der Waals surface area contributed by atoms with Crippen LogP contribution in [0.3, 0.4) is 0 Å². The standard InChI is InChI=1S/C13H16N2O2/c1-10-8-12(5-4-11(10)9-14)15(2)7-6-13(16)17-3/h4-5,8H,6-7H2,1-3H3. The van der Waals surface area contributed by atoms with Crippen LogP contribution in [0.4, 0.5) is 5.69 Å². The van der Waals surface area contributed by atoms with Gasteiger partial charge < -0.3 is 9.64 Å². The number of methoxy groups -OCH3 is 1. The molecular formula is C13H16N2O2. The molecule has 4 heteroatoms. The topological polar surface area (TPSA) is 53.3 Å². The van der Waals surface area contributed by atoms with Gasteiger partial charge in [0.15, 0.2) is 0 Å². The molecule has 0 atom stereocenters. The zero-order valence-corrected chi connectivity index (χ0v) is 10.4. The van der Waals surface area contributed by atoms with Gasteiger partial charge in [0.1, 0.15) is 0 Å². The Labute approximate surface area is 101 Å². The van der Waals surface area contributed by atoms with Crippen LogP contribution in [-0.4, -0.2) is 26.7 Å². The zero-order valence-electron chi connectivity index (χ0n) is 10.4. The first kappa shape index (κ1) is 13.0. The van der Waals surface area contributed by atoms with Crippen molar-refractivity contribution in [3.8, 4) is 6.07 Å². The Balaban J connectivity index is 2.70. The lowest BCUT2D eigenvalue weighted by Gasteiger charge is -2.19. The van der Waals surface area contributed by atoms with Gasteiger partial charge in [0.25, 0.3) is 0 Å². The maximum Gasteiger partial charge on any atom is 0.307 e. The van der Waals surface area contributed by atoms with E-state index in [0.717, 1.165) is 11.3 Å². The van der Waals surface area contributed by atoms with Gasteiger partial charge in [-0.3, -0.25) is 4.79 Å². The van der Waals surface area contributed by atoms with Gasteiger partial charge in [-0.25, -0.2) is 0 Å². The van der Waals surface area contributed by atoms with E-state index in [4.69, 9.17) is 5.26 Å². The molecule has 0 aromatic heterocycles. The summed E-state index contributed by atoms with van der Waals surface area (Å²) >= 11 is 0. The molecule has 1 aromatic carbocycles. The predicted octanol–water partition coefficient (Wildman–Crippen LogP) is 1.87. The number of aryl methyl sites for hydroxylation is 1. The first-order valence-electron chi connectivity index (χ1n) is 5.37. The Hall–Kier alpha value is -2.02. The average Bonchev–Trinajstić information content (AvgIpc) is 2.35. The van der Waals surface area contributed by atoms with E-state index in [-0.39, 0.29) is 5.97 Å². The van der Waals surface area contributed by atoms with E-state index in [1.165, 1.54) is 7.11 Å². The molecule has 0 bridgehead atoms. The van der Waals surface area contributed by atoms with E-state index < -0.39 is 0 Å². The number of carbonyl (C=O) groups is 1. The summed E-state index contributed by atoms with van der Waals surface area (Å²) in [5.74, 6) is -0.220. The molecule has 0 spiro atoms. The number of benzene rings is 1. The molecule has 0 unspecified atom stereocenters. The van der Waals surface area contributed by atoms with Crippen LogP contribution in [0.25, 0.3) is 0 Å². The monoisotopic (exact) mass is 232 g/mol. The Morgan fingerprint density at radius 1 is 1.53 bits per heavy atom. The molecule has 0 saturated heterocycles. The lowest BCUT2D eigenvalue weighted by Crippen LogP contribution is -2.21. The van der Waals surface area contributed by atoms with Crippen molar-refractivity contribution in [2.45, 2.75) is 13.3 Å². The SMILES string of the molecule is COC(=O)CCN(C)c1ccc(C#N)c(C)c1. The second-order valence-corrected chi connectivity index (χ2v) is 3.86. The molecule has 0 radical (unpaired) electrons. The van der Waals surface area contributed by atoms with Crippen molar-refractivity contribution in [1.29, 1.82) is 5.26 Å². The van der Waals surface area contributed by atoms with Gasteiger partial charge in [0, 0.05) is 19.3 Å². The van der Waals surface area contributed by atoms with Crippen molar-refractivity contribution in [3.05, 3.63) is 29.3 Å². The van der Waals surface area contributed by atoms with Crippen LogP contribution in [0.5, 0.6) is 0 Å². The number of nitriles is 1. The summed E-state index contributed by atoms with van der Waals surface area (Å²) in [6.07, 6.45) is 0.353. The second kappa shape index (κ2) is 5.90. The number of rotatable bonds is 4. The van der Waals surface area contributed by atoms with Crippen molar-refractivity contribution < 1.29 is 9.53 Å². The van der Waals surface area contributed by atoms with Gasteiger partial charge in [-0.1, -0.05) is 0 Å². The summed E-state index contributed by atoms with van der Waals surface area (Å²) in [5.41, 5.74) is 2.61. The fourth-order valence-electron chi connectivity index (χ4n) is 1.50. The first-order chi connectivity index (χ1) is 8.08. The second-order valence-electron chi connectivity index (χ2n) is 3.86. The Morgan fingerprint density at radius 3 is 2.76 bits per heavy atom. The molecule has 0 aliphatic rings. The minimum Gasteiger partial charge on any atom is -0.469 e. The number of ether oxygens (including phenoxy) is 1. The number of carbonyl (C=O) groups excluding carboxylic acids is 1. The van der Waals surface area contributed by atoms with Crippen molar-refractivity contribution in [1.82, 2.24) is 0 Å². The van der Waals surface area contributed by atoms with Crippen molar-refractivity contribution >= 4 is 11.7 Å². The zero-order chi connectivity index (χ0) is 12.8. The molecular weight excluding hydrogens is 216 g/mol. The minimum absolute atomic E-state index is 0.220. The lowest BCUT2D eigenvalue weighted by molar-refractivity contribution is -0.140. The van der Waals surface area contributed by atoms with E-state index >= 15 is 0 Å². The van der Waals surface area contributed by atoms with E-state index in [1.54, 1.807) is 6.07 Å². The third kappa shape index (κ3) is 3.49. The molecule has 0 aliphatic heterocycles. The summed E-state index contributed by atoms with van der Waals surface area (Å²) in [6, 6.07) is 7.74. The van der Waals surface area contributed by atoms with Crippen molar-refractivity contribution in [2.75, 3.05) is 25.6 Å². The summed E-state index contributed by atoms with van der Waals surface area (Å²) in [6.45, 7) is 2.49. The van der Waals surface area contributed by atoms with E-state index in [2.05, 4.69) is 10.8 Å². The van der Waals surface area contributed by atoms with Crippen LogP contribution in [0.1, 0.15) is 17.5 Å². The van der Waals surface area contributed by atoms with E-state index in [0.29, 0.717) is 18.5 Å². The number of nitrogens with zero attached hydrogens (tertiary/aromatic N) is 2. The van der Waals surface area contributed by atoms with Crippen LogP contribution >= 0.6 is 0 Å². The average molecular weight is 232 g/mol. The highest BCUT2D eigenvalue weighted by Gasteiger charge is 2.06. The van der Waals surface area contributed by atoms with Gasteiger partial charge in [0.2, 0.25) is 0 Å². The first-order valence-corrected chi connectivity index (χ1v) is 5.37. The molecule has 1 rings (SSSR count). The lowest BCUT2D eigenvalue weighted by atomic mass is 10.1. The van der Waals surface area contributed by atoms with E-state index in [1.807, 2.05) is 31.0 Å². The third-order valence-electron chi connectivity index (χ3n) is 2.65. The molecule has 0 heterocycles. The van der Waals surface area contributed by atoms with Crippen LogP contribution < -0.4 is 4.90 Å². The summed E-state index contributed by atoms with van der Waals surface area (Å²) in [7, 11) is 3.29. The Morgan fingerprint density at radius 2 is 2.24 bits per heavy atom. The highest BCUT2D eigenvalue weighted by molar-refractivity contribution is 5.70. The minimum atomic E-state index is -0.220. The van der Waals surface area contributed by atoms with Crippen molar-refractivity contribution in [2.24, 2.45) is 0 Å². The van der Waals surface area contributed by atoms with Crippen LogP contribution in [0, 0.1) is 18.3 Å². The Bertz CT molecular complexity index is 449. The van der Waals surface area contributed by atoms with Crippen LogP contribution in [0.2, 0.25) is 0 Å². The fraction of sp³-hybridized carbons (Fsp3) is 0.385. The normalized spacial score (nSPS) is 9.53. The summed E-state index contributed by atoms with van der Waals surface area (Å²) in [4.78, 5) is 13.0. The molecule has 0 fully saturated rings. The van der Waals surface area contributed by atoms with Gasteiger partial charge in [-0.2, -0.15) is 5.26 Å². The quantitative estimate of drug-likeness (QED) is 0.744. The van der Waals surface area contributed by atoms with Crippen LogP contribution in [-0.2, 0) is 9.53 Å². The maximum absolute atomic E-state index is 11.0.